The first-order valence-electron chi connectivity index (χ1n) is 5.35. The van der Waals surface area contributed by atoms with Crippen molar-refractivity contribution in [3.05, 3.63) is 23.5 Å². The Kier molecular flexibility index (Phi) is 2.88. The molecule has 2 rings (SSSR count). The van der Waals surface area contributed by atoms with Crippen molar-refractivity contribution in [2.45, 2.75) is 24.5 Å². The molecule has 1 aliphatic rings. The molecule has 1 atom stereocenters. The number of nitrogens with one attached hydrogen (secondary N) is 1. The third-order valence-electron chi connectivity index (χ3n) is 3.15. The van der Waals surface area contributed by atoms with Crippen LogP contribution < -0.4 is 5.32 Å². The molecule has 0 radical (unpaired) electrons. The number of fused-ring (bicyclic) bond motifs is 1. The lowest BCUT2D eigenvalue weighted by atomic mass is 9.94. The molecule has 0 aliphatic heterocycles. The highest BCUT2D eigenvalue weighted by Crippen LogP contribution is 2.28. The van der Waals surface area contributed by atoms with Gasteiger partial charge in [0.1, 0.15) is 0 Å². The first-order valence-corrected chi connectivity index (χ1v) is 7.31. The Labute approximate surface area is 96.0 Å². The highest BCUT2D eigenvalue weighted by Gasteiger charge is 2.28. The van der Waals surface area contributed by atoms with Gasteiger partial charge in [-0.05, 0) is 30.9 Å². The van der Waals surface area contributed by atoms with Gasteiger partial charge in [0.05, 0.1) is 5.25 Å². The number of hydrogen-bond acceptors (Lipinski definition) is 4. The molecule has 1 aromatic heterocycles. The molecular weight excluding hydrogens is 224 g/mol. The zero-order chi connectivity index (χ0) is 11.8. The van der Waals surface area contributed by atoms with E-state index >= 15 is 0 Å². The number of hydrogen-bond donors (Lipinski definition) is 1. The summed E-state index contributed by atoms with van der Waals surface area (Å²) in [6, 6.07) is 1.89. The van der Waals surface area contributed by atoms with Crippen molar-refractivity contribution in [1.29, 1.82) is 0 Å². The Morgan fingerprint density at radius 3 is 2.88 bits per heavy atom. The van der Waals surface area contributed by atoms with Gasteiger partial charge in [0, 0.05) is 30.9 Å². The molecule has 1 aliphatic carbocycles. The number of nitrogens with zero attached hydrogens (tertiary/aromatic N) is 1. The van der Waals surface area contributed by atoms with Crippen LogP contribution in [0.15, 0.2) is 12.3 Å². The number of anilines is 1. The van der Waals surface area contributed by atoms with Crippen molar-refractivity contribution in [2.24, 2.45) is 0 Å². The molecule has 88 valence electrons. The van der Waals surface area contributed by atoms with Crippen molar-refractivity contribution in [3.63, 3.8) is 0 Å². The molecule has 0 amide bonds. The summed E-state index contributed by atoms with van der Waals surface area (Å²) in [4.78, 5) is 4.31. The van der Waals surface area contributed by atoms with Crippen LogP contribution in [0.2, 0.25) is 0 Å². The summed E-state index contributed by atoms with van der Waals surface area (Å²) >= 11 is 0. The van der Waals surface area contributed by atoms with Gasteiger partial charge in [-0.3, -0.25) is 4.98 Å². The van der Waals surface area contributed by atoms with Gasteiger partial charge in [-0.2, -0.15) is 0 Å². The number of pyridine rings is 1. The topological polar surface area (TPSA) is 59.1 Å². The molecule has 0 bridgehead atoms. The summed E-state index contributed by atoms with van der Waals surface area (Å²) in [6.45, 7) is 0. The van der Waals surface area contributed by atoms with Crippen LogP contribution in [0.1, 0.15) is 17.7 Å². The highest BCUT2D eigenvalue weighted by atomic mass is 32.2. The van der Waals surface area contributed by atoms with E-state index in [1.165, 1.54) is 6.26 Å². The molecule has 1 unspecified atom stereocenters. The van der Waals surface area contributed by atoms with Gasteiger partial charge < -0.3 is 5.32 Å². The van der Waals surface area contributed by atoms with Gasteiger partial charge in [0.15, 0.2) is 9.84 Å². The lowest BCUT2D eigenvalue weighted by Gasteiger charge is -2.24. The summed E-state index contributed by atoms with van der Waals surface area (Å²) in [7, 11) is -1.10. The van der Waals surface area contributed by atoms with Crippen molar-refractivity contribution in [2.75, 3.05) is 18.6 Å². The number of rotatable bonds is 2. The first-order chi connectivity index (χ1) is 7.52. The van der Waals surface area contributed by atoms with E-state index in [0.717, 1.165) is 23.4 Å². The van der Waals surface area contributed by atoms with Gasteiger partial charge in [0.25, 0.3) is 0 Å². The van der Waals surface area contributed by atoms with Gasteiger partial charge in [-0.15, -0.1) is 0 Å². The van der Waals surface area contributed by atoms with Crippen LogP contribution in [0.25, 0.3) is 0 Å². The van der Waals surface area contributed by atoms with Crippen LogP contribution in [-0.4, -0.2) is 32.0 Å². The zero-order valence-corrected chi connectivity index (χ0v) is 10.3. The van der Waals surface area contributed by atoms with E-state index in [1.54, 1.807) is 6.20 Å². The Bertz CT molecular complexity index is 482. The van der Waals surface area contributed by atoms with Gasteiger partial charge >= 0.3 is 0 Å². The van der Waals surface area contributed by atoms with E-state index in [4.69, 9.17) is 0 Å². The Balaban J connectivity index is 2.39. The minimum absolute atomic E-state index is 0.253. The van der Waals surface area contributed by atoms with Gasteiger partial charge in [-0.25, -0.2) is 8.42 Å². The average molecular weight is 240 g/mol. The largest absolute Gasteiger partial charge is 0.388 e. The summed E-state index contributed by atoms with van der Waals surface area (Å²) in [5, 5.41) is 2.84. The van der Waals surface area contributed by atoms with Crippen molar-refractivity contribution < 1.29 is 8.42 Å². The second-order valence-corrected chi connectivity index (χ2v) is 6.55. The Morgan fingerprint density at radius 2 is 2.25 bits per heavy atom. The van der Waals surface area contributed by atoms with E-state index in [-0.39, 0.29) is 5.25 Å². The molecular formula is C11H16N2O2S. The van der Waals surface area contributed by atoms with E-state index in [9.17, 15) is 8.42 Å². The molecule has 1 N–H and O–H groups in total. The lowest BCUT2D eigenvalue weighted by molar-refractivity contribution is 0.565. The summed E-state index contributed by atoms with van der Waals surface area (Å²) < 4.78 is 23.1. The molecule has 0 spiro atoms. The molecule has 0 aromatic carbocycles. The lowest BCUT2D eigenvalue weighted by Crippen LogP contribution is -2.28. The van der Waals surface area contributed by atoms with E-state index < -0.39 is 9.84 Å². The second-order valence-electron chi connectivity index (χ2n) is 4.23. The van der Waals surface area contributed by atoms with Crippen LogP contribution >= 0.6 is 0 Å². The fourth-order valence-electron chi connectivity index (χ4n) is 2.21. The molecule has 4 nitrogen and oxygen atoms in total. The molecule has 0 fully saturated rings. The van der Waals surface area contributed by atoms with Crippen LogP contribution in [0.3, 0.4) is 0 Å². The summed E-state index contributed by atoms with van der Waals surface area (Å²) in [6.07, 6.45) is 5.11. The molecule has 5 heteroatoms. The fraction of sp³-hybridized carbons (Fsp3) is 0.545. The standard InChI is InChI=1S/C11H16N2O2S/c1-12-10-5-6-13-11-4-3-8(7-9(10)11)16(2,14)15/h5-6,8H,3-4,7H2,1-2H3,(H,12,13). The summed E-state index contributed by atoms with van der Waals surface area (Å²) in [5.41, 5.74) is 3.09. The van der Waals surface area contributed by atoms with E-state index in [0.29, 0.717) is 12.8 Å². The van der Waals surface area contributed by atoms with Crippen molar-refractivity contribution >= 4 is 15.5 Å². The fourth-order valence-corrected chi connectivity index (χ4v) is 3.22. The van der Waals surface area contributed by atoms with Crippen LogP contribution in [0.4, 0.5) is 5.69 Å². The average Bonchev–Trinajstić information content (AvgIpc) is 2.26. The van der Waals surface area contributed by atoms with Gasteiger partial charge in [-0.1, -0.05) is 0 Å². The van der Waals surface area contributed by atoms with Crippen molar-refractivity contribution in [3.8, 4) is 0 Å². The van der Waals surface area contributed by atoms with Gasteiger partial charge in [0.2, 0.25) is 0 Å². The maximum absolute atomic E-state index is 11.6. The molecule has 16 heavy (non-hydrogen) atoms. The Morgan fingerprint density at radius 1 is 1.50 bits per heavy atom. The van der Waals surface area contributed by atoms with Crippen LogP contribution in [0.5, 0.6) is 0 Å². The Hall–Kier alpha value is -1.10. The quantitative estimate of drug-likeness (QED) is 0.838. The third-order valence-corrected chi connectivity index (χ3v) is 4.77. The SMILES string of the molecule is CNc1ccnc2c1CC(S(C)(=O)=O)CC2. The third kappa shape index (κ3) is 2.04. The van der Waals surface area contributed by atoms with E-state index in [1.807, 2.05) is 13.1 Å². The molecule has 0 saturated carbocycles. The number of sulfone groups is 1. The maximum Gasteiger partial charge on any atom is 0.150 e. The minimum atomic E-state index is -2.95. The summed E-state index contributed by atoms with van der Waals surface area (Å²) in [5.74, 6) is 0. The zero-order valence-electron chi connectivity index (χ0n) is 9.53. The predicted molar refractivity (Wildman–Crippen MR) is 64.4 cm³/mol. The van der Waals surface area contributed by atoms with E-state index in [2.05, 4.69) is 10.3 Å². The van der Waals surface area contributed by atoms with Crippen LogP contribution in [0, 0.1) is 0 Å². The minimum Gasteiger partial charge on any atom is -0.388 e. The highest BCUT2D eigenvalue weighted by molar-refractivity contribution is 7.91. The van der Waals surface area contributed by atoms with Crippen LogP contribution in [-0.2, 0) is 22.7 Å². The smallest absolute Gasteiger partial charge is 0.150 e. The second kappa shape index (κ2) is 4.05. The van der Waals surface area contributed by atoms with Crippen molar-refractivity contribution in [1.82, 2.24) is 4.98 Å². The number of aryl methyl sites for hydroxylation is 1. The monoisotopic (exact) mass is 240 g/mol. The maximum atomic E-state index is 11.6. The normalized spacial score (nSPS) is 20.2. The molecule has 1 aromatic rings. The molecule has 0 saturated heterocycles. The number of aromatic nitrogens is 1. The predicted octanol–water partition coefficient (Wildman–Crippen LogP) is 1.03. The first kappa shape index (κ1) is 11.4. The molecule has 1 heterocycles.